The molecule has 1 aromatic heterocycles. The van der Waals surface area contributed by atoms with Gasteiger partial charge in [0.25, 0.3) is 0 Å². The zero-order valence-corrected chi connectivity index (χ0v) is 19.2. The minimum atomic E-state index is 0.247. The van der Waals surface area contributed by atoms with Crippen LogP contribution in [0.4, 0.5) is 0 Å². The highest BCUT2D eigenvalue weighted by atomic mass is 79.9. The maximum absolute atomic E-state index is 4.41. The smallest absolute Gasteiger partial charge is 0.0302 e. The molecule has 0 aliphatic heterocycles. The van der Waals surface area contributed by atoms with Crippen molar-refractivity contribution in [1.82, 2.24) is 4.98 Å². The lowest BCUT2D eigenvalue weighted by Gasteiger charge is -2.40. The first-order chi connectivity index (χ1) is 13.6. The average molecular weight is 499 g/mol. The Labute approximate surface area is 184 Å². The zero-order chi connectivity index (χ0) is 19.4. The van der Waals surface area contributed by atoms with Crippen molar-refractivity contribution in [2.24, 2.45) is 0 Å². The molecule has 0 fully saturated rings. The summed E-state index contributed by atoms with van der Waals surface area (Å²) in [4.78, 5) is 4.41. The first-order valence-corrected chi connectivity index (χ1v) is 11.7. The average Bonchev–Trinajstić information content (AvgIpc) is 2.73. The fraction of sp³-hybridized carbons (Fsp3) is 0.320. The fourth-order valence-electron chi connectivity index (χ4n) is 4.61. The number of pyridine rings is 1. The predicted molar refractivity (Wildman–Crippen MR) is 124 cm³/mol. The second kappa shape index (κ2) is 8.92. The minimum Gasteiger partial charge on any atom is -0.264 e. The van der Waals surface area contributed by atoms with Gasteiger partial charge in [-0.05, 0) is 103 Å². The molecule has 28 heavy (non-hydrogen) atoms. The van der Waals surface area contributed by atoms with Gasteiger partial charge in [0.1, 0.15) is 0 Å². The molecule has 1 nitrogen and oxygen atoms in total. The van der Waals surface area contributed by atoms with Gasteiger partial charge in [0, 0.05) is 21.3 Å². The van der Waals surface area contributed by atoms with Crippen LogP contribution in [0.25, 0.3) is 0 Å². The Kier molecular flexibility index (Phi) is 6.32. The van der Waals surface area contributed by atoms with E-state index in [1.807, 2.05) is 6.20 Å². The molecule has 2 aromatic carbocycles. The maximum atomic E-state index is 4.41. The van der Waals surface area contributed by atoms with E-state index in [1.165, 1.54) is 48.8 Å². The van der Waals surface area contributed by atoms with Gasteiger partial charge in [0.15, 0.2) is 0 Å². The molecule has 0 amide bonds. The van der Waals surface area contributed by atoms with Gasteiger partial charge < -0.3 is 0 Å². The van der Waals surface area contributed by atoms with Crippen LogP contribution in [-0.2, 0) is 24.7 Å². The topological polar surface area (TPSA) is 12.9 Å². The SMILES string of the molecule is Brc1ccc(CCC2(CCc3ccc(Br)cc3)CCCc3cnccc32)cc1. The number of aromatic nitrogens is 1. The van der Waals surface area contributed by atoms with Crippen molar-refractivity contribution in [2.75, 3.05) is 0 Å². The molecule has 0 N–H and O–H groups in total. The molecular formula is C25H25Br2N. The summed E-state index contributed by atoms with van der Waals surface area (Å²) >= 11 is 7.10. The summed E-state index contributed by atoms with van der Waals surface area (Å²) in [7, 11) is 0. The van der Waals surface area contributed by atoms with E-state index >= 15 is 0 Å². The molecule has 3 heteroatoms. The molecular weight excluding hydrogens is 474 g/mol. The maximum Gasteiger partial charge on any atom is 0.0302 e. The van der Waals surface area contributed by atoms with Crippen molar-refractivity contribution in [3.8, 4) is 0 Å². The van der Waals surface area contributed by atoms with Gasteiger partial charge in [-0.3, -0.25) is 4.98 Å². The van der Waals surface area contributed by atoms with E-state index in [1.54, 1.807) is 5.56 Å². The standard InChI is InChI=1S/C25H25Br2N/c26-22-7-3-19(4-8-22)11-15-25(16-12-20-5-9-23(27)10-6-20)14-1-2-21-18-28-17-13-24(21)25/h3-10,13,17-18H,1-2,11-12,14-16H2. The number of rotatable bonds is 6. The van der Waals surface area contributed by atoms with Crippen LogP contribution in [0, 0.1) is 0 Å². The van der Waals surface area contributed by atoms with Crippen LogP contribution < -0.4 is 0 Å². The Morgan fingerprint density at radius 1 is 0.786 bits per heavy atom. The lowest BCUT2D eigenvalue weighted by Crippen LogP contribution is -2.32. The highest BCUT2D eigenvalue weighted by Gasteiger charge is 2.35. The largest absolute Gasteiger partial charge is 0.264 e. The molecule has 0 unspecified atom stereocenters. The van der Waals surface area contributed by atoms with Crippen molar-refractivity contribution >= 4 is 31.9 Å². The van der Waals surface area contributed by atoms with Gasteiger partial charge in [0.2, 0.25) is 0 Å². The highest BCUT2D eigenvalue weighted by Crippen LogP contribution is 2.44. The number of fused-ring (bicyclic) bond motifs is 1. The van der Waals surface area contributed by atoms with Crippen molar-refractivity contribution in [3.63, 3.8) is 0 Å². The molecule has 1 heterocycles. The van der Waals surface area contributed by atoms with Crippen molar-refractivity contribution < 1.29 is 0 Å². The second-order valence-corrected chi connectivity index (χ2v) is 9.75. The third-order valence-corrected chi connectivity index (χ3v) is 7.24. The Morgan fingerprint density at radius 3 is 1.93 bits per heavy atom. The molecule has 1 aliphatic rings. The Morgan fingerprint density at radius 2 is 1.36 bits per heavy atom. The fourth-order valence-corrected chi connectivity index (χ4v) is 5.14. The molecule has 0 bridgehead atoms. The lowest BCUT2D eigenvalue weighted by molar-refractivity contribution is 0.310. The Balaban J connectivity index is 1.59. The third kappa shape index (κ3) is 4.58. The van der Waals surface area contributed by atoms with Gasteiger partial charge in [-0.15, -0.1) is 0 Å². The van der Waals surface area contributed by atoms with E-state index in [0.29, 0.717) is 0 Å². The summed E-state index contributed by atoms with van der Waals surface area (Å²) in [6, 6.07) is 19.9. The Hall–Kier alpha value is -1.45. The number of aryl methyl sites for hydroxylation is 3. The summed E-state index contributed by atoms with van der Waals surface area (Å²) in [5, 5.41) is 0. The summed E-state index contributed by atoms with van der Waals surface area (Å²) in [5.41, 5.74) is 6.10. The third-order valence-electron chi connectivity index (χ3n) is 6.19. The van der Waals surface area contributed by atoms with Crippen LogP contribution in [0.15, 0.2) is 75.9 Å². The van der Waals surface area contributed by atoms with E-state index in [2.05, 4.69) is 97.6 Å². The zero-order valence-electron chi connectivity index (χ0n) is 16.0. The number of halogens is 2. The van der Waals surface area contributed by atoms with E-state index < -0.39 is 0 Å². The number of hydrogen-bond acceptors (Lipinski definition) is 1. The van der Waals surface area contributed by atoms with Crippen molar-refractivity contribution in [1.29, 1.82) is 0 Å². The summed E-state index contributed by atoms with van der Waals surface area (Å²) in [6.45, 7) is 0. The van der Waals surface area contributed by atoms with Crippen molar-refractivity contribution in [2.45, 2.75) is 50.4 Å². The molecule has 0 atom stereocenters. The van der Waals surface area contributed by atoms with Crippen LogP contribution in [0.5, 0.6) is 0 Å². The minimum absolute atomic E-state index is 0.247. The monoisotopic (exact) mass is 497 g/mol. The first kappa shape index (κ1) is 19.8. The van der Waals surface area contributed by atoms with Crippen LogP contribution in [-0.4, -0.2) is 4.98 Å². The van der Waals surface area contributed by atoms with Gasteiger partial charge in [-0.25, -0.2) is 0 Å². The summed E-state index contributed by atoms with van der Waals surface area (Å²) in [5.74, 6) is 0. The van der Waals surface area contributed by atoms with Gasteiger partial charge >= 0.3 is 0 Å². The molecule has 3 aromatic rings. The van der Waals surface area contributed by atoms with Crippen LogP contribution >= 0.6 is 31.9 Å². The molecule has 0 saturated heterocycles. The molecule has 144 valence electrons. The van der Waals surface area contributed by atoms with E-state index in [4.69, 9.17) is 0 Å². The van der Waals surface area contributed by atoms with Crippen molar-refractivity contribution in [3.05, 3.63) is 98.2 Å². The quantitative estimate of drug-likeness (QED) is 0.344. The number of hydrogen-bond donors (Lipinski definition) is 0. The molecule has 4 rings (SSSR count). The van der Waals surface area contributed by atoms with Crippen LogP contribution in [0.2, 0.25) is 0 Å². The molecule has 0 radical (unpaired) electrons. The van der Waals surface area contributed by atoms with E-state index in [-0.39, 0.29) is 5.41 Å². The molecule has 0 saturated carbocycles. The van der Waals surface area contributed by atoms with E-state index in [0.717, 1.165) is 21.8 Å². The number of nitrogens with zero attached hydrogens (tertiary/aromatic N) is 1. The Bertz CT molecular complexity index is 867. The summed E-state index contributed by atoms with van der Waals surface area (Å²) < 4.78 is 2.30. The van der Waals surface area contributed by atoms with Gasteiger partial charge in [0.05, 0.1) is 0 Å². The van der Waals surface area contributed by atoms with Crippen LogP contribution in [0.1, 0.15) is 47.9 Å². The molecule has 0 spiro atoms. The van der Waals surface area contributed by atoms with Gasteiger partial charge in [-0.1, -0.05) is 56.1 Å². The molecule has 1 aliphatic carbocycles. The lowest BCUT2D eigenvalue weighted by atomic mass is 9.65. The summed E-state index contributed by atoms with van der Waals surface area (Å²) in [6.07, 6.45) is 12.4. The van der Waals surface area contributed by atoms with Gasteiger partial charge in [-0.2, -0.15) is 0 Å². The first-order valence-electron chi connectivity index (χ1n) is 10.1. The number of benzene rings is 2. The normalized spacial score (nSPS) is 15.2. The van der Waals surface area contributed by atoms with E-state index in [9.17, 15) is 0 Å². The highest BCUT2D eigenvalue weighted by molar-refractivity contribution is 9.10. The predicted octanol–water partition coefficient (Wildman–Crippen LogP) is 7.45. The second-order valence-electron chi connectivity index (χ2n) is 7.92. The van der Waals surface area contributed by atoms with Crippen LogP contribution in [0.3, 0.4) is 0 Å².